The Balaban J connectivity index is 1.81. The summed E-state index contributed by atoms with van der Waals surface area (Å²) in [6.07, 6.45) is 7.28. The molecular formula is C17H19NO. The smallest absolute Gasteiger partial charge is 0.186 e. The molecule has 0 radical (unpaired) electrons. The first-order valence-electron chi connectivity index (χ1n) is 6.73. The van der Waals surface area contributed by atoms with Gasteiger partial charge in [0, 0.05) is 18.7 Å². The Labute approximate surface area is 114 Å². The van der Waals surface area contributed by atoms with Gasteiger partial charge in [-0.25, -0.2) is 0 Å². The Morgan fingerprint density at radius 2 is 2.16 bits per heavy atom. The van der Waals surface area contributed by atoms with Crippen LogP contribution in [0, 0.1) is 0 Å². The SMILES string of the molecule is C=CCN(CC12CC=CC(C)=C1O2)c1ccccc1. The highest BCUT2D eigenvalue weighted by Gasteiger charge is 2.54. The van der Waals surface area contributed by atoms with Crippen LogP contribution in [0.2, 0.25) is 0 Å². The number of anilines is 1. The number of hydrogen-bond donors (Lipinski definition) is 0. The molecule has 1 unspecified atom stereocenters. The second kappa shape index (κ2) is 4.61. The summed E-state index contributed by atoms with van der Waals surface area (Å²) in [5, 5.41) is 0. The van der Waals surface area contributed by atoms with Gasteiger partial charge in [-0.15, -0.1) is 6.58 Å². The van der Waals surface area contributed by atoms with Crippen LogP contribution in [-0.2, 0) is 4.74 Å². The van der Waals surface area contributed by atoms with E-state index in [1.54, 1.807) is 0 Å². The fraction of sp³-hybridized carbons (Fsp3) is 0.294. The fourth-order valence-corrected chi connectivity index (χ4v) is 2.78. The summed E-state index contributed by atoms with van der Waals surface area (Å²) in [6, 6.07) is 10.5. The van der Waals surface area contributed by atoms with Crippen LogP contribution in [0.15, 0.2) is 66.5 Å². The molecule has 0 N–H and O–H groups in total. The third kappa shape index (κ3) is 2.19. The minimum absolute atomic E-state index is 0.0856. The lowest BCUT2D eigenvalue weighted by molar-refractivity contribution is 0.314. The number of fused-ring (bicyclic) bond motifs is 1. The molecule has 1 aromatic rings. The monoisotopic (exact) mass is 253 g/mol. The van der Waals surface area contributed by atoms with Gasteiger partial charge in [-0.05, 0) is 24.6 Å². The number of benzene rings is 1. The van der Waals surface area contributed by atoms with Crippen molar-refractivity contribution >= 4 is 5.69 Å². The van der Waals surface area contributed by atoms with Gasteiger partial charge in [0.05, 0.1) is 6.54 Å². The summed E-state index contributed by atoms with van der Waals surface area (Å²) in [5.74, 6) is 1.17. The molecule has 1 aliphatic heterocycles. The number of nitrogens with zero attached hydrogens (tertiary/aromatic N) is 1. The van der Waals surface area contributed by atoms with E-state index in [1.165, 1.54) is 17.0 Å². The molecule has 98 valence electrons. The molecule has 0 amide bonds. The van der Waals surface area contributed by atoms with Crippen LogP contribution in [0.4, 0.5) is 5.69 Å². The fourth-order valence-electron chi connectivity index (χ4n) is 2.78. The molecule has 1 aliphatic carbocycles. The number of epoxide rings is 1. The molecule has 1 atom stereocenters. The van der Waals surface area contributed by atoms with Crippen molar-refractivity contribution in [2.45, 2.75) is 18.9 Å². The van der Waals surface area contributed by atoms with Gasteiger partial charge < -0.3 is 9.64 Å². The van der Waals surface area contributed by atoms with Crippen LogP contribution >= 0.6 is 0 Å². The average molecular weight is 253 g/mol. The molecule has 1 heterocycles. The zero-order chi connectivity index (χ0) is 13.3. The third-order valence-corrected chi connectivity index (χ3v) is 3.76. The lowest BCUT2D eigenvalue weighted by atomic mass is 9.95. The Bertz CT molecular complexity index is 544. The van der Waals surface area contributed by atoms with Crippen molar-refractivity contribution in [2.75, 3.05) is 18.0 Å². The maximum Gasteiger partial charge on any atom is 0.186 e. The van der Waals surface area contributed by atoms with E-state index in [0.717, 1.165) is 19.5 Å². The largest absolute Gasteiger partial charge is 0.477 e. The molecule has 2 heteroatoms. The molecular weight excluding hydrogens is 234 g/mol. The quantitative estimate of drug-likeness (QED) is 0.587. The van der Waals surface area contributed by atoms with Crippen molar-refractivity contribution in [1.82, 2.24) is 0 Å². The summed E-state index contributed by atoms with van der Waals surface area (Å²) in [7, 11) is 0. The van der Waals surface area contributed by atoms with Gasteiger partial charge in [0.15, 0.2) is 5.60 Å². The maximum absolute atomic E-state index is 5.92. The van der Waals surface area contributed by atoms with Crippen LogP contribution in [0.1, 0.15) is 13.3 Å². The zero-order valence-corrected chi connectivity index (χ0v) is 11.3. The lowest BCUT2D eigenvalue weighted by Gasteiger charge is -2.26. The summed E-state index contributed by atoms with van der Waals surface area (Å²) >= 11 is 0. The topological polar surface area (TPSA) is 15.8 Å². The second-order valence-corrected chi connectivity index (χ2v) is 5.22. The van der Waals surface area contributed by atoms with E-state index >= 15 is 0 Å². The highest BCUT2D eigenvalue weighted by Crippen LogP contribution is 2.49. The first kappa shape index (κ1) is 12.1. The van der Waals surface area contributed by atoms with Gasteiger partial charge in [-0.3, -0.25) is 0 Å². The van der Waals surface area contributed by atoms with Crippen molar-refractivity contribution in [2.24, 2.45) is 0 Å². The number of hydrogen-bond acceptors (Lipinski definition) is 2. The number of allylic oxidation sites excluding steroid dienone is 2. The van der Waals surface area contributed by atoms with E-state index < -0.39 is 0 Å². The highest BCUT2D eigenvalue weighted by atomic mass is 16.6. The molecule has 0 bridgehead atoms. The van der Waals surface area contributed by atoms with Gasteiger partial charge in [-0.1, -0.05) is 36.4 Å². The highest BCUT2D eigenvalue weighted by molar-refractivity contribution is 5.50. The molecule has 0 aromatic heterocycles. The number of para-hydroxylation sites is 1. The summed E-state index contributed by atoms with van der Waals surface area (Å²) in [5.41, 5.74) is 2.40. The zero-order valence-electron chi connectivity index (χ0n) is 11.3. The first-order valence-corrected chi connectivity index (χ1v) is 6.73. The van der Waals surface area contributed by atoms with Crippen molar-refractivity contribution < 1.29 is 4.74 Å². The van der Waals surface area contributed by atoms with Crippen LogP contribution < -0.4 is 4.90 Å². The first-order chi connectivity index (χ1) is 9.25. The van der Waals surface area contributed by atoms with Crippen LogP contribution in [-0.4, -0.2) is 18.7 Å². The predicted octanol–water partition coefficient (Wildman–Crippen LogP) is 3.68. The molecule has 19 heavy (non-hydrogen) atoms. The normalized spacial score (nSPS) is 23.6. The van der Waals surface area contributed by atoms with E-state index in [4.69, 9.17) is 4.74 Å². The maximum atomic E-state index is 5.92. The van der Waals surface area contributed by atoms with Crippen molar-refractivity contribution in [3.05, 3.63) is 66.5 Å². The molecule has 2 aliphatic rings. The van der Waals surface area contributed by atoms with Gasteiger partial charge >= 0.3 is 0 Å². The van der Waals surface area contributed by atoms with Gasteiger partial charge in [0.1, 0.15) is 5.76 Å². The van der Waals surface area contributed by atoms with Gasteiger partial charge in [0.25, 0.3) is 0 Å². The van der Waals surface area contributed by atoms with Crippen molar-refractivity contribution in [3.63, 3.8) is 0 Å². The van der Waals surface area contributed by atoms with Crippen LogP contribution in [0.5, 0.6) is 0 Å². The van der Waals surface area contributed by atoms with E-state index in [9.17, 15) is 0 Å². The lowest BCUT2D eigenvalue weighted by Crippen LogP contribution is -2.35. The van der Waals surface area contributed by atoms with E-state index in [1.807, 2.05) is 12.1 Å². The van der Waals surface area contributed by atoms with Crippen molar-refractivity contribution in [1.29, 1.82) is 0 Å². The van der Waals surface area contributed by atoms with Crippen LogP contribution in [0.25, 0.3) is 0 Å². The van der Waals surface area contributed by atoms with Gasteiger partial charge in [0.2, 0.25) is 0 Å². The van der Waals surface area contributed by atoms with Gasteiger partial charge in [-0.2, -0.15) is 0 Å². The second-order valence-electron chi connectivity index (χ2n) is 5.22. The van der Waals surface area contributed by atoms with Crippen LogP contribution in [0.3, 0.4) is 0 Å². The molecule has 3 rings (SSSR count). The van der Waals surface area contributed by atoms with E-state index in [0.29, 0.717) is 0 Å². The van der Waals surface area contributed by atoms with Crippen molar-refractivity contribution in [3.8, 4) is 0 Å². The average Bonchev–Trinajstić information content (AvgIpc) is 3.16. The van der Waals surface area contributed by atoms with E-state index in [2.05, 4.69) is 54.8 Å². The Kier molecular flexibility index (Phi) is 2.94. The third-order valence-electron chi connectivity index (χ3n) is 3.76. The predicted molar refractivity (Wildman–Crippen MR) is 79.1 cm³/mol. The summed E-state index contributed by atoms with van der Waals surface area (Å²) in [6.45, 7) is 7.71. The minimum atomic E-state index is -0.0856. The summed E-state index contributed by atoms with van der Waals surface area (Å²) in [4.78, 5) is 2.33. The molecule has 1 fully saturated rings. The Hall–Kier alpha value is -1.96. The number of ether oxygens (including phenoxy) is 1. The minimum Gasteiger partial charge on any atom is -0.477 e. The standard InChI is InChI=1S/C17H19NO/c1-3-12-18(15-9-5-4-6-10-15)13-17-11-7-8-14(2)16(17)19-17/h3-10H,1,11-13H2,2H3. The molecule has 1 saturated heterocycles. The molecule has 0 saturated carbocycles. The Morgan fingerprint density at radius 1 is 1.37 bits per heavy atom. The molecule has 1 aromatic carbocycles. The molecule has 2 nitrogen and oxygen atoms in total. The summed E-state index contributed by atoms with van der Waals surface area (Å²) < 4.78 is 5.92. The molecule has 0 spiro atoms. The number of rotatable bonds is 5. The van der Waals surface area contributed by atoms with E-state index in [-0.39, 0.29) is 5.60 Å². The Morgan fingerprint density at radius 3 is 2.89 bits per heavy atom.